The van der Waals surface area contributed by atoms with Crippen molar-refractivity contribution in [1.82, 2.24) is 20.0 Å². The smallest absolute Gasteiger partial charge is 0.109 e. The summed E-state index contributed by atoms with van der Waals surface area (Å²) in [5.41, 5.74) is 1.47. The summed E-state index contributed by atoms with van der Waals surface area (Å²) in [5.74, 6) is 0. The van der Waals surface area contributed by atoms with Crippen molar-refractivity contribution in [3.05, 3.63) is 48.5 Å². The summed E-state index contributed by atoms with van der Waals surface area (Å²) >= 11 is 0. The number of hydrogen-bond donors (Lipinski definition) is 1. The van der Waals surface area contributed by atoms with Crippen LogP contribution >= 0.6 is 0 Å². The monoisotopic (exact) mass is 226 g/mol. The lowest BCUT2D eigenvalue weighted by molar-refractivity contribution is 0.276. The summed E-state index contributed by atoms with van der Waals surface area (Å²) in [6.07, 6.45) is 5.29. The number of pyridine rings is 1. The van der Waals surface area contributed by atoms with Gasteiger partial charge in [0.25, 0.3) is 0 Å². The molecule has 0 unspecified atom stereocenters. The van der Waals surface area contributed by atoms with Crippen LogP contribution in [0.2, 0.25) is 0 Å². The van der Waals surface area contributed by atoms with Crippen LogP contribution in [0.1, 0.15) is 5.69 Å². The van der Waals surface area contributed by atoms with E-state index in [0.29, 0.717) is 5.69 Å². The molecule has 2 heterocycles. The number of aliphatic hydroxyl groups excluding tert-OH is 1. The Bertz CT molecular complexity index is 662. The Balaban J connectivity index is 2.11. The fraction of sp³-hybridized carbons (Fsp3) is 0.0833. The third kappa shape index (κ3) is 1.76. The fourth-order valence-electron chi connectivity index (χ4n) is 1.71. The second-order valence-corrected chi connectivity index (χ2v) is 3.72. The van der Waals surface area contributed by atoms with E-state index in [4.69, 9.17) is 5.11 Å². The van der Waals surface area contributed by atoms with Crippen molar-refractivity contribution in [3.63, 3.8) is 0 Å². The standard InChI is InChI=1S/C12H10N4O/c17-8-11-7-16(15-14-11)12-2-1-10-6-13-4-3-9(10)5-12/h1-7,17H,8H2. The van der Waals surface area contributed by atoms with Crippen LogP contribution in [-0.4, -0.2) is 25.1 Å². The van der Waals surface area contributed by atoms with Gasteiger partial charge in [0.15, 0.2) is 0 Å². The minimum atomic E-state index is -0.0997. The molecular formula is C12H10N4O. The lowest BCUT2D eigenvalue weighted by Gasteiger charge is -2.02. The molecule has 5 heteroatoms. The van der Waals surface area contributed by atoms with E-state index in [0.717, 1.165) is 16.5 Å². The van der Waals surface area contributed by atoms with E-state index in [1.165, 1.54) is 0 Å². The van der Waals surface area contributed by atoms with Crippen LogP contribution in [0.5, 0.6) is 0 Å². The quantitative estimate of drug-likeness (QED) is 0.715. The Hall–Kier alpha value is -2.27. The SMILES string of the molecule is OCc1cn(-c2ccc3cnccc3c2)nn1. The molecule has 0 amide bonds. The maximum atomic E-state index is 8.95. The molecule has 17 heavy (non-hydrogen) atoms. The van der Waals surface area contributed by atoms with Gasteiger partial charge in [0.1, 0.15) is 5.69 Å². The fourth-order valence-corrected chi connectivity index (χ4v) is 1.71. The lowest BCUT2D eigenvalue weighted by atomic mass is 10.1. The number of aliphatic hydroxyl groups is 1. The molecular weight excluding hydrogens is 216 g/mol. The summed E-state index contributed by atoms with van der Waals surface area (Å²) in [6.45, 7) is -0.0997. The molecule has 1 N–H and O–H groups in total. The van der Waals surface area contributed by atoms with Gasteiger partial charge in [-0.05, 0) is 23.6 Å². The Morgan fingerprint density at radius 2 is 2.12 bits per heavy atom. The van der Waals surface area contributed by atoms with Crippen molar-refractivity contribution in [2.75, 3.05) is 0 Å². The second kappa shape index (κ2) is 3.95. The molecule has 3 rings (SSSR count). The predicted molar refractivity (Wildman–Crippen MR) is 62.6 cm³/mol. The van der Waals surface area contributed by atoms with Crippen LogP contribution in [0.3, 0.4) is 0 Å². The Kier molecular flexibility index (Phi) is 2.31. The second-order valence-electron chi connectivity index (χ2n) is 3.72. The van der Waals surface area contributed by atoms with E-state index in [9.17, 15) is 0 Å². The van der Waals surface area contributed by atoms with Crippen molar-refractivity contribution >= 4 is 10.8 Å². The number of benzene rings is 1. The van der Waals surface area contributed by atoms with Gasteiger partial charge >= 0.3 is 0 Å². The van der Waals surface area contributed by atoms with E-state index in [1.807, 2.05) is 30.5 Å². The van der Waals surface area contributed by atoms with Crippen molar-refractivity contribution < 1.29 is 5.11 Å². The highest BCUT2D eigenvalue weighted by atomic mass is 16.3. The van der Waals surface area contributed by atoms with Crippen molar-refractivity contribution in [3.8, 4) is 5.69 Å². The van der Waals surface area contributed by atoms with Gasteiger partial charge in [-0.25, -0.2) is 4.68 Å². The molecule has 0 atom stereocenters. The zero-order chi connectivity index (χ0) is 11.7. The first-order chi connectivity index (χ1) is 8.36. The van der Waals surface area contributed by atoms with Crippen LogP contribution in [-0.2, 0) is 6.61 Å². The highest BCUT2D eigenvalue weighted by Gasteiger charge is 2.02. The minimum Gasteiger partial charge on any atom is -0.390 e. The van der Waals surface area contributed by atoms with Crippen molar-refractivity contribution in [1.29, 1.82) is 0 Å². The number of nitrogens with zero attached hydrogens (tertiary/aromatic N) is 4. The normalized spacial score (nSPS) is 10.9. The van der Waals surface area contributed by atoms with E-state index in [2.05, 4.69) is 15.3 Å². The van der Waals surface area contributed by atoms with Gasteiger partial charge in [0.05, 0.1) is 18.5 Å². The zero-order valence-electron chi connectivity index (χ0n) is 8.98. The van der Waals surface area contributed by atoms with Gasteiger partial charge in [-0.15, -0.1) is 5.10 Å². The summed E-state index contributed by atoms with van der Waals surface area (Å²) in [6, 6.07) is 7.88. The van der Waals surface area contributed by atoms with Gasteiger partial charge in [-0.3, -0.25) is 4.98 Å². The number of rotatable bonds is 2. The molecule has 0 radical (unpaired) electrons. The maximum Gasteiger partial charge on any atom is 0.109 e. The third-order valence-electron chi connectivity index (χ3n) is 2.59. The molecule has 1 aromatic carbocycles. The van der Waals surface area contributed by atoms with E-state index < -0.39 is 0 Å². The van der Waals surface area contributed by atoms with Gasteiger partial charge < -0.3 is 5.11 Å². The molecule has 0 aliphatic heterocycles. The number of hydrogen-bond acceptors (Lipinski definition) is 4. The average Bonchev–Trinajstić information content (AvgIpc) is 2.87. The summed E-state index contributed by atoms with van der Waals surface area (Å²) < 4.78 is 1.64. The first-order valence-electron chi connectivity index (χ1n) is 5.23. The van der Waals surface area contributed by atoms with Gasteiger partial charge in [0.2, 0.25) is 0 Å². The van der Waals surface area contributed by atoms with E-state index in [-0.39, 0.29) is 6.61 Å². The predicted octanol–water partition coefficient (Wildman–Crippen LogP) is 1.31. The molecule has 0 saturated heterocycles. The summed E-state index contributed by atoms with van der Waals surface area (Å²) in [7, 11) is 0. The van der Waals surface area contributed by atoms with Crippen molar-refractivity contribution in [2.24, 2.45) is 0 Å². The van der Waals surface area contributed by atoms with Crippen LogP contribution in [0.4, 0.5) is 0 Å². The summed E-state index contributed by atoms with van der Waals surface area (Å²) in [4.78, 5) is 4.06. The molecule has 0 saturated carbocycles. The largest absolute Gasteiger partial charge is 0.390 e. The zero-order valence-corrected chi connectivity index (χ0v) is 8.98. The Morgan fingerprint density at radius 1 is 1.18 bits per heavy atom. The Labute approximate surface area is 97.3 Å². The summed E-state index contributed by atoms with van der Waals surface area (Å²) in [5, 5.41) is 18.9. The first kappa shape index (κ1) is 9.92. The minimum absolute atomic E-state index is 0.0997. The molecule has 0 spiro atoms. The van der Waals surface area contributed by atoms with Crippen LogP contribution in [0.15, 0.2) is 42.9 Å². The van der Waals surface area contributed by atoms with E-state index in [1.54, 1.807) is 17.1 Å². The highest BCUT2D eigenvalue weighted by molar-refractivity contribution is 5.83. The molecule has 84 valence electrons. The molecule has 2 aromatic heterocycles. The van der Waals surface area contributed by atoms with Crippen LogP contribution < -0.4 is 0 Å². The van der Waals surface area contributed by atoms with Crippen LogP contribution in [0, 0.1) is 0 Å². The van der Waals surface area contributed by atoms with Gasteiger partial charge in [-0.1, -0.05) is 11.3 Å². The number of aromatic nitrogens is 4. The van der Waals surface area contributed by atoms with Gasteiger partial charge in [0, 0.05) is 17.8 Å². The molecule has 0 aliphatic rings. The number of fused-ring (bicyclic) bond motifs is 1. The average molecular weight is 226 g/mol. The van der Waals surface area contributed by atoms with Crippen LogP contribution in [0.25, 0.3) is 16.5 Å². The Morgan fingerprint density at radius 3 is 2.94 bits per heavy atom. The highest BCUT2D eigenvalue weighted by Crippen LogP contribution is 2.16. The topological polar surface area (TPSA) is 63.8 Å². The van der Waals surface area contributed by atoms with Crippen molar-refractivity contribution in [2.45, 2.75) is 6.61 Å². The molecule has 0 fully saturated rings. The first-order valence-corrected chi connectivity index (χ1v) is 5.23. The van der Waals surface area contributed by atoms with Gasteiger partial charge in [-0.2, -0.15) is 0 Å². The lowest BCUT2D eigenvalue weighted by Crippen LogP contribution is -1.94. The molecule has 0 bridgehead atoms. The molecule has 0 aliphatic carbocycles. The third-order valence-corrected chi connectivity index (χ3v) is 2.59. The maximum absolute atomic E-state index is 8.95. The molecule has 5 nitrogen and oxygen atoms in total. The van der Waals surface area contributed by atoms with E-state index >= 15 is 0 Å². The molecule has 3 aromatic rings.